The predicted molar refractivity (Wildman–Crippen MR) is 126 cm³/mol. The maximum Gasteiger partial charge on any atom is 0.325 e. The van der Waals surface area contributed by atoms with Crippen LogP contribution < -0.4 is 15.5 Å². The van der Waals surface area contributed by atoms with Crippen LogP contribution in [0.4, 0.5) is 11.4 Å². The van der Waals surface area contributed by atoms with Gasteiger partial charge in [-0.25, -0.2) is 0 Å². The van der Waals surface area contributed by atoms with Crippen molar-refractivity contribution in [2.24, 2.45) is 5.73 Å². The fourth-order valence-corrected chi connectivity index (χ4v) is 3.55. The lowest BCUT2D eigenvalue weighted by Gasteiger charge is -2.22. The second-order valence-corrected chi connectivity index (χ2v) is 7.41. The van der Waals surface area contributed by atoms with Crippen LogP contribution in [0.3, 0.4) is 0 Å². The Morgan fingerprint density at radius 3 is 2.00 bits per heavy atom. The van der Waals surface area contributed by atoms with Gasteiger partial charge in [-0.3, -0.25) is 19.8 Å². The van der Waals surface area contributed by atoms with Gasteiger partial charge in [-0.1, -0.05) is 12.1 Å². The van der Waals surface area contributed by atoms with E-state index in [1.807, 2.05) is 0 Å². The summed E-state index contributed by atoms with van der Waals surface area (Å²) in [6.45, 7) is -0.0253. The Morgan fingerprint density at radius 2 is 1.53 bits per heavy atom. The number of hydrogen-bond acceptors (Lipinski definition) is 8. The summed E-state index contributed by atoms with van der Waals surface area (Å²) in [6, 6.07) is 13.7. The van der Waals surface area contributed by atoms with Crippen molar-refractivity contribution in [2.45, 2.75) is 0 Å². The Balaban J connectivity index is 1.86. The lowest BCUT2D eigenvalue weighted by Crippen LogP contribution is -2.35. The number of rotatable bonds is 9. The number of benzene rings is 2. The summed E-state index contributed by atoms with van der Waals surface area (Å²) < 4.78 is 14.9. The lowest BCUT2D eigenvalue weighted by atomic mass is 10.0. The number of carbonyl (C=O) groups is 3. The van der Waals surface area contributed by atoms with Gasteiger partial charge in [0.25, 0.3) is 5.91 Å². The van der Waals surface area contributed by atoms with Crippen molar-refractivity contribution in [3.05, 3.63) is 65.4 Å². The van der Waals surface area contributed by atoms with Crippen LogP contribution >= 0.6 is 0 Å². The van der Waals surface area contributed by atoms with Crippen LogP contribution in [-0.4, -0.2) is 64.6 Å². The standard InChI is InChI=1S/C24H26N4O6/c1-32-19-12-28(18-10-6-16(7-11-18)23(25)26)24(31)22(19)15-4-8-17(9-5-15)27(13-20(29)33-2)14-21(30)34-3/h4-11H,12-14H2,1-3H3,(H3,25,26). The first-order valence-electron chi connectivity index (χ1n) is 10.3. The molecule has 3 rings (SSSR count). The van der Waals surface area contributed by atoms with Gasteiger partial charge < -0.3 is 29.7 Å². The van der Waals surface area contributed by atoms with Crippen molar-refractivity contribution in [3.63, 3.8) is 0 Å². The molecule has 1 aliphatic heterocycles. The van der Waals surface area contributed by atoms with E-state index in [4.69, 9.17) is 25.4 Å². The van der Waals surface area contributed by atoms with Crippen molar-refractivity contribution in [1.29, 1.82) is 5.41 Å². The van der Waals surface area contributed by atoms with E-state index >= 15 is 0 Å². The number of anilines is 2. The molecule has 0 saturated carbocycles. The molecule has 2 aromatic rings. The van der Waals surface area contributed by atoms with Crippen LogP contribution in [0.15, 0.2) is 54.3 Å². The minimum Gasteiger partial charge on any atom is -0.498 e. The smallest absolute Gasteiger partial charge is 0.325 e. The highest BCUT2D eigenvalue weighted by Gasteiger charge is 2.33. The third-order valence-corrected chi connectivity index (χ3v) is 5.39. The Hall–Kier alpha value is -4.34. The molecule has 1 amide bonds. The molecule has 10 nitrogen and oxygen atoms in total. The molecular formula is C24H26N4O6. The second-order valence-electron chi connectivity index (χ2n) is 7.41. The highest BCUT2D eigenvalue weighted by atomic mass is 16.5. The third-order valence-electron chi connectivity index (χ3n) is 5.39. The molecule has 0 fully saturated rings. The Labute approximate surface area is 197 Å². The van der Waals surface area contributed by atoms with Gasteiger partial charge in [0.05, 0.1) is 33.4 Å². The normalized spacial score (nSPS) is 13.0. The molecular weight excluding hydrogens is 440 g/mol. The first-order valence-corrected chi connectivity index (χ1v) is 10.3. The molecule has 3 N–H and O–H groups in total. The number of nitrogens with two attached hydrogens (primary N) is 1. The van der Waals surface area contributed by atoms with E-state index < -0.39 is 11.9 Å². The van der Waals surface area contributed by atoms with E-state index in [2.05, 4.69) is 0 Å². The van der Waals surface area contributed by atoms with Gasteiger partial charge in [0.2, 0.25) is 0 Å². The minimum absolute atomic E-state index is 0.0516. The molecule has 34 heavy (non-hydrogen) atoms. The second kappa shape index (κ2) is 10.5. The van der Waals surface area contributed by atoms with Crippen molar-refractivity contribution in [1.82, 2.24) is 0 Å². The number of ether oxygens (including phenoxy) is 3. The number of methoxy groups -OCH3 is 3. The maximum absolute atomic E-state index is 13.3. The van der Waals surface area contributed by atoms with E-state index in [0.717, 1.165) is 0 Å². The van der Waals surface area contributed by atoms with Crippen LogP contribution in [0.2, 0.25) is 0 Å². The summed E-state index contributed by atoms with van der Waals surface area (Å²) in [5.74, 6) is -0.788. The summed E-state index contributed by atoms with van der Waals surface area (Å²) in [5, 5.41) is 7.52. The summed E-state index contributed by atoms with van der Waals surface area (Å²) in [7, 11) is 4.05. The number of nitrogens with one attached hydrogen (secondary N) is 1. The quantitative estimate of drug-likeness (QED) is 0.323. The van der Waals surface area contributed by atoms with Crippen LogP contribution in [0.1, 0.15) is 11.1 Å². The van der Waals surface area contributed by atoms with E-state index in [-0.39, 0.29) is 31.4 Å². The predicted octanol–water partition coefficient (Wildman–Crippen LogP) is 1.53. The van der Waals surface area contributed by atoms with Gasteiger partial charge in [0.15, 0.2) is 0 Å². The SMILES string of the molecule is COC(=O)CN(CC(=O)OC)c1ccc(C2=C(OC)CN(c3ccc(C(=N)N)cc3)C2=O)cc1. The summed E-state index contributed by atoms with van der Waals surface area (Å²) in [4.78, 5) is 39.9. The Bertz CT molecular complexity index is 1110. The van der Waals surface area contributed by atoms with Gasteiger partial charge in [0, 0.05) is 16.9 Å². The van der Waals surface area contributed by atoms with E-state index in [9.17, 15) is 14.4 Å². The van der Waals surface area contributed by atoms with Gasteiger partial charge in [0.1, 0.15) is 24.7 Å². The highest BCUT2D eigenvalue weighted by molar-refractivity contribution is 6.29. The zero-order valence-corrected chi connectivity index (χ0v) is 19.2. The third kappa shape index (κ3) is 5.17. The molecule has 0 spiro atoms. The summed E-state index contributed by atoms with van der Waals surface area (Å²) >= 11 is 0. The maximum atomic E-state index is 13.3. The zero-order valence-electron chi connectivity index (χ0n) is 19.2. The number of carbonyl (C=O) groups excluding carboxylic acids is 3. The molecule has 178 valence electrons. The van der Waals surface area contributed by atoms with Crippen LogP contribution in [0.5, 0.6) is 0 Å². The number of amides is 1. The molecule has 2 aromatic carbocycles. The molecule has 0 atom stereocenters. The molecule has 10 heteroatoms. The fourth-order valence-electron chi connectivity index (χ4n) is 3.55. The average molecular weight is 466 g/mol. The van der Waals surface area contributed by atoms with Crippen molar-refractivity contribution in [2.75, 3.05) is 50.8 Å². The topological polar surface area (TPSA) is 135 Å². The van der Waals surface area contributed by atoms with E-state index in [1.54, 1.807) is 53.4 Å². The van der Waals surface area contributed by atoms with Crippen molar-refractivity contribution >= 4 is 40.6 Å². The highest BCUT2D eigenvalue weighted by Crippen LogP contribution is 2.33. The van der Waals surface area contributed by atoms with Gasteiger partial charge in [-0.05, 0) is 42.0 Å². The van der Waals surface area contributed by atoms with E-state index in [0.29, 0.717) is 33.8 Å². The zero-order chi connectivity index (χ0) is 24.8. The molecule has 0 radical (unpaired) electrons. The first-order chi connectivity index (χ1) is 16.3. The van der Waals surface area contributed by atoms with Gasteiger partial charge in [-0.15, -0.1) is 0 Å². The first kappa shape index (κ1) is 24.3. The molecule has 0 aliphatic carbocycles. The molecule has 0 unspecified atom stereocenters. The van der Waals surface area contributed by atoms with E-state index in [1.165, 1.54) is 26.2 Å². The molecule has 0 saturated heterocycles. The minimum atomic E-state index is -0.505. The van der Waals surface area contributed by atoms with Gasteiger partial charge in [-0.2, -0.15) is 0 Å². The van der Waals surface area contributed by atoms with Crippen molar-refractivity contribution < 1.29 is 28.6 Å². The van der Waals surface area contributed by atoms with Crippen LogP contribution in [0, 0.1) is 5.41 Å². The molecule has 1 heterocycles. The van der Waals surface area contributed by atoms with Gasteiger partial charge >= 0.3 is 11.9 Å². The molecule has 0 bridgehead atoms. The number of amidine groups is 1. The monoisotopic (exact) mass is 466 g/mol. The number of nitrogens with zero attached hydrogens (tertiary/aromatic N) is 2. The number of esters is 2. The molecule has 0 aromatic heterocycles. The Morgan fingerprint density at radius 1 is 0.971 bits per heavy atom. The van der Waals surface area contributed by atoms with Crippen LogP contribution in [0.25, 0.3) is 5.57 Å². The average Bonchev–Trinajstić information content (AvgIpc) is 3.19. The lowest BCUT2D eigenvalue weighted by molar-refractivity contribution is -0.140. The Kier molecular flexibility index (Phi) is 7.52. The number of nitrogen functional groups attached to an aromatic ring is 1. The fraction of sp³-hybridized carbons (Fsp3) is 0.250. The summed E-state index contributed by atoms with van der Waals surface area (Å²) in [5.41, 5.74) is 8.35. The number of hydrogen-bond donors (Lipinski definition) is 2. The van der Waals surface area contributed by atoms with Crippen LogP contribution in [-0.2, 0) is 28.6 Å². The largest absolute Gasteiger partial charge is 0.498 e. The molecule has 1 aliphatic rings. The summed E-state index contributed by atoms with van der Waals surface area (Å²) in [6.07, 6.45) is 0. The van der Waals surface area contributed by atoms with Crippen molar-refractivity contribution in [3.8, 4) is 0 Å².